The quantitative estimate of drug-likeness (QED) is 0.571. The standard InChI is InChI=1S/C20H24N2O4/c23-19(24)18-9-7-17(8-10-18)15-22-20(25)21-12-4-13-26-14-11-16-5-2-1-3-6-16/h1-3,5-10H,4,11-15H2,(H,23,24)(H2,21,22,25). The highest BCUT2D eigenvalue weighted by Gasteiger charge is 2.03. The fraction of sp³-hybridized carbons (Fsp3) is 0.300. The van der Waals surface area contributed by atoms with Crippen LogP contribution in [0.25, 0.3) is 0 Å². The number of ether oxygens (including phenoxy) is 1. The van der Waals surface area contributed by atoms with E-state index in [1.54, 1.807) is 12.1 Å². The third kappa shape index (κ3) is 7.36. The topological polar surface area (TPSA) is 87.7 Å². The lowest BCUT2D eigenvalue weighted by Crippen LogP contribution is -2.35. The summed E-state index contributed by atoms with van der Waals surface area (Å²) in [5.74, 6) is -0.965. The summed E-state index contributed by atoms with van der Waals surface area (Å²) < 4.78 is 5.56. The second-order valence-corrected chi connectivity index (χ2v) is 5.81. The molecule has 0 spiro atoms. The van der Waals surface area contributed by atoms with Crippen molar-refractivity contribution >= 4 is 12.0 Å². The Hall–Kier alpha value is -2.86. The molecule has 26 heavy (non-hydrogen) atoms. The Morgan fingerprint density at radius 3 is 2.31 bits per heavy atom. The molecule has 2 rings (SSSR count). The number of nitrogens with one attached hydrogen (secondary N) is 2. The van der Waals surface area contributed by atoms with Gasteiger partial charge < -0.3 is 20.5 Å². The number of carbonyl (C=O) groups excluding carboxylic acids is 1. The first-order valence-corrected chi connectivity index (χ1v) is 8.61. The first-order chi connectivity index (χ1) is 12.6. The fourth-order valence-corrected chi connectivity index (χ4v) is 2.32. The molecule has 6 heteroatoms. The lowest BCUT2D eigenvalue weighted by Gasteiger charge is -2.08. The lowest BCUT2D eigenvalue weighted by molar-refractivity contribution is 0.0697. The fourth-order valence-electron chi connectivity index (χ4n) is 2.32. The maximum absolute atomic E-state index is 11.7. The molecule has 0 saturated heterocycles. The number of aromatic carboxylic acids is 1. The zero-order chi connectivity index (χ0) is 18.6. The molecule has 0 bridgehead atoms. The number of carboxylic acid groups (broad SMARTS) is 1. The first-order valence-electron chi connectivity index (χ1n) is 8.61. The predicted octanol–water partition coefficient (Wildman–Crippen LogP) is 2.83. The van der Waals surface area contributed by atoms with Gasteiger partial charge in [-0.2, -0.15) is 0 Å². The highest BCUT2D eigenvalue weighted by Crippen LogP contribution is 2.04. The smallest absolute Gasteiger partial charge is 0.335 e. The summed E-state index contributed by atoms with van der Waals surface area (Å²) in [6.07, 6.45) is 1.63. The van der Waals surface area contributed by atoms with E-state index in [9.17, 15) is 9.59 Å². The van der Waals surface area contributed by atoms with Crippen molar-refractivity contribution in [1.82, 2.24) is 10.6 Å². The van der Waals surface area contributed by atoms with E-state index in [0.29, 0.717) is 26.3 Å². The van der Waals surface area contributed by atoms with E-state index in [1.807, 2.05) is 18.2 Å². The van der Waals surface area contributed by atoms with Crippen LogP contribution in [0, 0.1) is 0 Å². The summed E-state index contributed by atoms with van der Waals surface area (Å²) >= 11 is 0. The second-order valence-electron chi connectivity index (χ2n) is 5.81. The van der Waals surface area contributed by atoms with Crippen molar-refractivity contribution in [2.45, 2.75) is 19.4 Å². The zero-order valence-electron chi connectivity index (χ0n) is 14.6. The third-order valence-electron chi connectivity index (χ3n) is 3.78. The number of benzene rings is 2. The van der Waals surface area contributed by atoms with Gasteiger partial charge in [0.25, 0.3) is 0 Å². The van der Waals surface area contributed by atoms with Gasteiger partial charge in [-0.15, -0.1) is 0 Å². The minimum atomic E-state index is -0.965. The van der Waals surface area contributed by atoms with Crippen molar-refractivity contribution < 1.29 is 19.4 Å². The first kappa shape index (κ1) is 19.5. The summed E-state index contributed by atoms with van der Waals surface area (Å²) in [5, 5.41) is 14.3. The van der Waals surface area contributed by atoms with Gasteiger partial charge in [-0.05, 0) is 36.1 Å². The Morgan fingerprint density at radius 1 is 0.885 bits per heavy atom. The Morgan fingerprint density at radius 2 is 1.62 bits per heavy atom. The summed E-state index contributed by atoms with van der Waals surface area (Å²) in [5.41, 5.74) is 2.32. The van der Waals surface area contributed by atoms with E-state index in [1.165, 1.54) is 17.7 Å². The number of amides is 2. The molecule has 138 valence electrons. The van der Waals surface area contributed by atoms with Gasteiger partial charge in [0.05, 0.1) is 12.2 Å². The van der Waals surface area contributed by atoms with Crippen molar-refractivity contribution in [2.75, 3.05) is 19.8 Å². The zero-order valence-corrected chi connectivity index (χ0v) is 14.6. The van der Waals surface area contributed by atoms with E-state index < -0.39 is 5.97 Å². The van der Waals surface area contributed by atoms with Crippen LogP contribution in [-0.4, -0.2) is 36.9 Å². The van der Waals surface area contributed by atoms with Gasteiger partial charge in [-0.25, -0.2) is 9.59 Å². The average Bonchev–Trinajstić information content (AvgIpc) is 2.66. The molecule has 6 nitrogen and oxygen atoms in total. The molecule has 0 saturated carbocycles. The summed E-state index contributed by atoms with van der Waals surface area (Å²) in [6, 6.07) is 16.3. The molecule has 0 aromatic heterocycles. The number of rotatable bonds is 10. The van der Waals surface area contributed by atoms with Crippen molar-refractivity contribution in [3.63, 3.8) is 0 Å². The average molecular weight is 356 g/mol. The van der Waals surface area contributed by atoms with Crippen LogP contribution in [-0.2, 0) is 17.7 Å². The van der Waals surface area contributed by atoms with Crippen LogP contribution < -0.4 is 10.6 Å². The molecule has 0 fully saturated rings. The van der Waals surface area contributed by atoms with Gasteiger partial charge in [-0.3, -0.25) is 0 Å². The van der Waals surface area contributed by atoms with Crippen LogP contribution in [0.15, 0.2) is 54.6 Å². The van der Waals surface area contributed by atoms with Crippen LogP contribution in [0.1, 0.15) is 27.9 Å². The molecule has 2 aromatic rings. The number of hydrogen-bond donors (Lipinski definition) is 3. The third-order valence-corrected chi connectivity index (χ3v) is 3.78. The van der Waals surface area contributed by atoms with E-state index in [4.69, 9.17) is 9.84 Å². The molecular weight excluding hydrogens is 332 g/mol. The number of carbonyl (C=O) groups is 2. The Labute approximate surface area is 153 Å². The summed E-state index contributed by atoms with van der Waals surface area (Å²) in [7, 11) is 0. The van der Waals surface area contributed by atoms with Gasteiger partial charge in [0, 0.05) is 19.7 Å². The molecule has 0 atom stereocenters. The van der Waals surface area contributed by atoms with E-state index in [-0.39, 0.29) is 11.6 Å². The van der Waals surface area contributed by atoms with Crippen molar-refractivity contribution in [2.24, 2.45) is 0 Å². The molecule has 0 aliphatic heterocycles. The predicted molar refractivity (Wildman–Crippen MR) is 99.2 cm³/mol. The molecule has 0 heterocycles. The van der Waals surface area contributed by atoms with Gasteiger partial charge in [-0.1, -0.05) is 42.5 Å². The van der Waals surface area contributed by atoms with Crippen LogP contribution in [0.5, 0.6) is 0 Å². The minimum Gasteiger partial charge on any atom is -0.478 e. The van der Waals surface area contributed by atoms with Crippen molar-refractivity contribution in [3.05, 3.63) is 71.3 Å². The van der Waals surface area contributed by atoms with E-state index in [2.05, 4.69) is 22.8 Å². The maximum atomic E-state index is 11.7. The largest absolute Gasteiger partial charge is 0.478 e. The maximum Gasteiger partial charge on any atom is 0.335 e. The molecule has 0 aliphatic carbocycles. The molecule has 2 amide bonds. The SMILES string of the molecule is O=C(NCCCOCCc1ccccc1)NCc1ccc(C(=O)O)cc1. The molecule has 0 aliphatic rings. The minimum absolute atomic E-state index is 0.227. The molecule has 3 N–H and O–H groups in total. The lowest BCUT2D eigenvalue weighted by atomic mass is 10.1. The van der Waals surface area contributed by atoms with Crippen molar-refractivity contribution in [3.8, 4) is 0 Å². The molecule has 0 unspecified atom stereocenters. The number of urea groups is 1. The van der Waals surface area contributed by atoms with Crippen LogP contribution in [0.4, 0.5) is 4.79 Å². The van der Waals surface area contributed by atoms with Crippen LogP contribution >= 0.6 is 0 Å². The molecule has 0 radical (unpaired) electrons. The number of hydrogen-bond acceptors (Lipinski definition) is 3. The van der Waals surface area contributed by atoms with Gasteiger partial charge in [0.15, 0.2) is 0 Å². The normalized spacial score (nSPS) is 10.3. The summed E-state index contributed by atoms with van der Waals surface area (Å²) in [4.78, 5) is 22.5. The van der Waals surface area contributed by atoms with Crippen LogP contribution in [0.2, 0.25) is 0 Å². The Balaban J connectivity index is 1.50. The monoisotopic (exact) mass is 356 g/mol. The highest BCUT2D eigenvalue weighted by atomic mass is 16.5. The van der Waals surface area contributed by atoms with E-state index >= 15 is 0 Å². The van der Waals surface area contributed by atoms with Gasteiger partial charge in [0.2, 0.25) is 0 Å². The Bertz CT molecular complexity index is 687. The van der Waals surface area contributed by atoms with Crippen molar-refractivity contribution in [1.29, 1.82) is 0 Å². The summed E-state index contributed by atoms with van der Waals surface area (Å²) in [6.45, 7) is 2.15. The molecule has 2 aromatic carbocycles. The van der Waals surface area contributed by atoms with E-state index in [0.717, 1.165) is 18.4 Å². The highest BCUT2D eigenvalue weighted by molar-refractivity contribution is 5.87. The van der Waals surface area contributed by atoms with Gasteiger partial charge in [0.1, 0.15) is 0 Å². The number of carboxylic acids is 1. The van der Waals surface area contributed by atoms with Crippen LogP contribution in [0.3, 0.4) is 0 Å². The Kier molecular flexibility index (Phi) is 8.15. The van der Waals surface area contributed by atoms with Gasteiger partial charge >= 0.3 is 12.0 Å². The second kappa shape index (κ2) is 10.9. The molecular formula is C20H24N2O4.